The highest BCUT2D eigenvalue weighted by atomic mass is 32.2. The lowest BCUT2D eigenvalue weighted by Crippen LogP contribution is -2.19. The van der Waals surface area contributed by atoms with Gasteiger partial charge in [-0.15, -0.1) is 0 Å². The Labute approximate surface area is 129 Å². The van der Waals surface area contributed by atoms with Gasteiger partial charge in [0.15, 0.2) is 5.17 Å². The standard InChI is InChI=1S/C15H10N2O4S/c18-13-12(8-9-4-3-7-21-9)22-15(17-13)16-11-6-2-1-5-10(11)14(19)20/h1-8H,(H,19,20)(H,16,17,18)/b12-8-. The van der Waals surface area contributed by atoms with Crippen molar-refractivity contribution in [2.24, 2.45) is 4.99 Å². The van der Waals surface area contributed by atoms with Gasteiger partial charge in [-0.3, -0.25) is 4.79 Å². The number of furan rings is 1. The number of amidine groups is 1. The molecule has 1 amide bonds. The second kappa shape index (κ2) is 5.90. The molecule has 110 valence electrons. The quantitative estimate of drug-likeness (QED) is 0.850. The molecule has 1 aromatic heterocycles. The smallest absolute Gasteiger partial charge is 0.337 e. The predicted molar refractivity (Wildman–Crippen MR) is 82.9 cm³/mol. The number of nitrogens with one attached hydrogen (secondary N) is 1. The maximum Gasteiger partial charge on any atom is 0.337 e. The van der Waals surface area contributed by atoms with E-state index in [1.165, 1.54) is 12.3 Å². The highest BCUT2D eigenvalue weighted by Gasteiger charge is 2.24. The van der Waals surface area contributed by atoms with Crippen molar-refractivity contribution < 1.29 is 19.1 Å². The molecule has 22 heavy (non-hydrogen) atoms. The summed E-state index contributed by atoms with van der Waals surface area (Å²) in [4.78, 5) is 27.7. The van der Waals surface area contributed by atoms with Gasteiger partial charge in [-0.2, -0.15) is 0 Å². The van der Waals surface area contributed by atoms with Crippen molar-refractivity contribution in [2.75, 3.05) is 0 Å². The molecule has 2 N–H and O–H groups in total. The normalized spacial score (nSPS) is 17.9. The Kier molecular flexibility index (Phi) is 3.80. The van der Waals surface area contributed by atoms with Crippen molar-refractivity contribution in [1.29, 1.82) is 0 Å². The Morgan fingerprint density at radius 1 is 1.27 bits per heavy atom. The number of thioether (sulfide) groups is 1. The zero-order valence-electron chi connectivity index (χ0n) is 11.1. The summed E-state index contributed by atoms with van der Waals surface area (Å²) in [5, 5.41) is 12.1. The molecule has 1 saturated heterocycles. The van der Waals surface area contributed by atoms with E-state index in [1.54, 1.807) is 36.4 Å². The first-order valence-corrected chi connectivity index (χ1v) is 7.10. The van der Waals surface area contributed by atoms with Crippen LogP contribution < -0.4 is 5.32 Å². The Morgan fingerprint density at radius 2 is 2.09 bits per heavy atom. The van der Waals surface area contributed by atoms with Crippen LogP contribution in [0.5, 0.6) is 0 Å². The average Bonchev–Trinajstić information content (AvgIpc) is 3.10. The van der Waals surface area contributed by atoms with E-state index in [0.717, 1.165) is 11.8 Å². The molecule has 7 heteroatoms. The number of aliphatic imine (C=N–C) groups is 1. The minimum absolute atomic E-state index is 0.0771. The third kappa shape index (κ3) is 2.94. The van der Waals surface area contributed by atoms with Crippen LogP contribution in [-0.2, 0) is 4.79 Å². The monoisotopic (exact) mass is 314 g/mol. The number of carboxylic acids is 1. The molecule has 1 aliphatic rings. The molecule has 2 aromatic rings. The van der Waals surface area contributed by atoms with Crippen LogP contribution in [0.3, 0.4) is 0 Å². The van der Waals surface area contributed by atoms with Gasteiger partial charge in [0.05, 0.1) is 22.4 Å². The van der Waals surface area contributed by atoms with Crippen LogP contribution >= 0.6 is 11.8 Å². The molecule has 6 nitrogen and oxygen atoms in total. The number of carbonyl (C=O) groups is 2. The molecule has 3 rings (SSSR count). The first kappa shape index (κ1) is 14.2. The highest BCUT2D eigenvalue weighted by Crippen LogP contribution is 2.29. The van der Waals surface area contributed by atoms with E-state index in [1.807, 2.05) is 0 Å². The molecule has 2 heterocycles. The van der Waals surface area contributed by atoms with Gasteiger partial charge in [-0.1, -0.05) is 12.1 Å². The van der Waals surface area contributed by atoms with Crippen LogP contribution in [0.4, 0.5) is 5.69 Å². The molecular formula is C15H10N2O4S. The zero-order chi connectivity index (χ0) is 15.5. The number of hydrogen-bond donors (Lipinski definition) is 2. The van der Waals surface area contributed by atoms with E-state index in [-0.39, 0.29) is 17.2 Å². The van der Waals surface area contributed by atoms with Crippen molar-refractivity contribution in [3.63, 3.8) is 0 Å². The molecular weight excluding hydrogens is 304 g/mol. The zero-order valence-corrected chi connectivity index (χ0v) is 12.0. The lowest BCUT2D eigenvalue weighted by molar-refractivity contribution is -0.115. The van der Waals surface area contributed by atoms with E-state index in [4.69, 9.17) is 9.52 Å². The fraction of sp³-hybridized carbons (Fsp3) is 0. The second-order valence-corrected chi connectivity index (χ2v) is 5.35. The van der Waals surface area contributed by atoms with Crippen LogP contribution in [0.1, 0.15) is 16.1 Å². The fourth-order valence-electron chi connectivity index (χ4n) is 1.84. The summed E-state index contributed by atoms with van der Waals surface area (Å²) in [6.07, 6.45) is 3.12. The maximum atomic E-state index is 11.9. The number of benzene rings is 1. The Morgan fingerprint density at radius 3 is 2.82 bits per heavy atom. The lowest BCUT2D eigenvalue weighted by atomic mass is 10.2. The first-order valence-electron chi connectivity index (χ1n) is 6.29. The van der Waals surface area contributed by atoms with Crippen molar-refractivity contribution in [3.8, 4) is 0 Å². The maximum absolute atomic E-state index is 11.9. The molecule has 0 radical (unpaired) electrons. The van der Waals surface area contributed by atoms with Crippen molar-refractivity contribution in [2.45, 2.75) is 0 Å². The number of hydrogen-bond acceptors (Lipinski definition) is 5. The number of aromatic carboxylic acids is 1. The van der Waals surface area contributed by atoms with Gasteiger partial charge >= 0.3 is 5.97 Å². The lowest BCUT2D eigenvalue weighted by Gasteiger charge is -2.00. The van der Waals surface area contributed by atoms with Crippen LogP contribution in [0.25, 0.3) is 6.08 Å². The van der Waals surface area contributed by atoms with Crippen molar-refractivity contribution in [1.82, 2.24) is 5.32 Å². The van der Waals surface area contributed by atoms with Gasteiger partial charge in [-0.05, 0) is 36.0 Å². The molecule has 0 unspecified atom stereocenters. The summed E-state index contributed by atoms with van der Waals surface area (Å²) in [7, 11) is 0. The van der Waals surface area contributed by atoms with E-state index >= 15 is 0 Å². The largest absolute Gasteiger partial charge is 0.478 e. The first-order chi connectivity index (χ1) is 10.6. The molecule has 0 saturated carbocycles. The van der Waals surface area contributed by atoms with Crippen LogP contribution in [0.2, 0.25) is 0 Å². The van der Waals surface area contributed by atoms with E-state index in [0.29, 0.717) is 15.8 Å². The number of carbonyl (C=O) groups excluding carboxylic acids is 1. The Balaban J connectivity index is 1.89. The van der Waals surface area contributed by atoms with Gasteiger partial charge in [0.2, 0.25) is 0 Å². The molecule has 0 bridgehead atoms. The fourth-order valence-corrected chi connectivity index (χ4v) is 2.66. The van der Waals surface area contributed by atoms with Crippen LogP contribution in [-0.4, -0.2) is 22.2 Å². The summed E-state index contributed by atoms with van der Waals surface area (Å²) < 4.78 is 5.16. The third-order valence-electron chi connectivity index (χ3n) is 2.82. The Bertz CT molecular complexity index is 794. The third-order valence-corrected chi connectivity index (χ3v) is 3.73. The minimum Gasteiger partial charge on any atom is -0.478 e. The summed E-state index contributed by atoms with van der Waals surface area (Å²) in [5.41, 5.74) is 0.366. The Hall–Kier alpha value is -2.80. The molecule has 1 aromatic carbocycles. The van der Waals surface area contributed by atoms with Gasteiger partial charge < -0.3 is 14.8 Å². The van der Waals surface area contributed by atoms with Crippen LogP contribution in [0.15, 0.2) is 57.0 Å². The van der Waals surface area contributed by atoms with Gasteiger partial charge in [-0.25, -0.2) is 9.79 Å². The van der Waals surface area contributed by atoms with Gasteiger partial charge in [0, 0.05) is 6.08 Å². The van der Waals surface area contributed by atoms with Crippen molar-refractivity contribution >= 4 is 40.6 Å². The molecule has 1 fully saturated rings. The molecule has 0 atom stereocenters. The summed E-state index contributed by atoms with van der Waals surface area (Å²) in [6.45, 7) is 0. The van der Waals surface area contributed by atoms with Crippen LogP contribution in [0, 0.1) is 0 Å². The van der Waals surface area contributed by atoms with E-state index in [2.05, 4.69) is 10.3 Å². The summed E-state index contributed by atoms with van der Waals surface area (Å²) >= 11 is 1.13. The summed E-state index contributed by atoms with van der Waals surface area (Å²) in [5.74, 6) is -0.807. The number of amides is 1. The highest BCUT2D eigenvalue weighted by molar-refractivity contribution is 8.18. The topological polar surface area (TPSA) is 91.9 Å². The molecule has 0 spiro atoms. The van der Waals surface area contributed by atoms with Crippen molar-refractivity contribution in [3.05, 3.63) is 58.9 Å². The predicted octanol–water partition coefficient (Wildman–Crippen LogP) is 2.87. The number of nitrogens with zero attached hydrogens (tertiary/aromatic N) is 1. The van der Waals surface area contributed by atoms with Gasteiger partial charge in [0.1, 0.15) is 5.76 Å². The minimum atomic E-state index is -1.07. The molecule has 0 aliphatic carbocycles. The summed E-state index contributed by atoms with van der Waals surface area (Å²) in [6, 6.07) is 9.81. The average molecular weight is 314 g/mol. The number of para-hydroxylation sites is 1. The van der Waals surface area contributed by atoms with E-state index < -0.39 is 5.97 Å². The van der Waals surface area contributed by atoms with E-state index in [9.17, 15) is 9.59 Å². The van der Waals surface area contributed by atoms with Gasteiger partial charge in [0.25, 0.3) is 5.91 Å². The number of rotatable bonds is 3. The number of carboxylic acid groups (broad SMARTS) is 1. The second-order valence-electron chi connectivity index (χ2n) is 4.32. The molecule has 1 aliphatic heterocycles. The SMILES string of the molecule is O=C1NC(=Nc2ccccc2C(=O)O)S/C1=C\c1ccco1.